The fourth-order valence-corrected chi connectivity index (χ4v) is 3.39. The number of halogens is 3. The van der Waals surface area contributed by atoms with Crippen LogP contribution in [0.25, 0.3) is 0 Å². The predicted octanol–water partition coefficient (Wildman–Crippen LogP) is 3.75. The highest BCUT2D eigenvalue weighted by atomic mass is 19.4. The van der Waals surface area contributed by atoms with Crippen LogP contribution in [0, 0.1) is 0 Å². The molecule has 2 rings (SSSR count). The lowest BCUT2D eigenvalue weighted by atomic mass is 10.0. The van der Waals surface area contributed by atoms with E-state index in [0.29, 0.717) is 18.5 Å². The van der Waals surface area contributed by atoms with Crippen molar-refractivity contribution in [3.05, 3.63) is 70.8 Å². The molecular weight excluding hydrogens is 485 g/mol. The molecule has 0 heterocycles. The Morgan fingerprint density at radius 3 is 2.16 bits per heavy atom. The number of amides is 3. The van der Waals surface area contributed by atoms with Gasteiger partial charge in [0.1, 0.15) is 6.04 Å². The molecule has 0 aliphatic heterocycles. The van der Waals surface area contributed by atoms with Gasteiger partial charge in [-0.1, -0.05) is 44.2 Å². The average Bonchev–Trinajstić information content (AvgIpc) is 2.80. The first-order valence-corrected chi connectivity index (χ1v) is 12.0. The fourth-order valence-electron chi connectivity index (χ4n) is 3.39. The van der Waals surface area contributed by atoms with E-state index in [9.17, 15) is 27.6 Å². The van der Waals surface area contributed by atoms with Crippen LogP contribution in [0.5, 0.6) is 0 Å². The molecule has 0 aliphatic rings. The maximum atomic E-state index is 12.9. The Hall–Kier alpha value is -3.40. The first-order chi connectivity index (χ1) is 17.2. The van der Waals surface area contributed by atoms with Crippen molar-refractivity contribution in [3.8, 4) is 0 Å². The zero-order chi connectivity index (χ0) is 27.8. The number of nitrogens with one attached hydrogen (secondary N) is 4. The average molecular weight is 521 g/mol. The molecule has 0 spiro atoms. The van der Waals surface area contributed by atoms with Gasteiger partial charge in [0.25, 0.3) is 5.91 Å². The molecule has 2 aromatic rings. The Kier molecular flexibility index (Phi) is 10.2. The molecule has 37 heavy (non-hydrogen) atoms. The van der Waals surface area contributed by atoms with E-state index >= 15 is 0 Å². The van der Waals surface area contributed by atoms with Crippen molar-refractivity contribution in [2.75, 3.05) is 13.1 Å². The van der Waals surface area contributed by atoms with E-state index in [1.165, 1.54) is 11.6 Å². The van der Waals surface area contributed by atoms with Crippen LogP contribution in [0.15, 0.2) is 48.5 Å². The van der Waals surface area contributed by atoms with Crippen molar-refractivity contribution in [2.45, 2.75) is 64.8 Å². The van der Waals surface area contributed by atoms with Crippen LogP contribution in [0.2, 0.25) is 0 Å². The maximum Gasteiger partial charge on any atom is 0.416 e. The molecule has 2 aromatic carbocycles. The Morgan fingerprint density at radius 1 is 0.946 bits per heavy atom. The molecule has 0 aromatic heterocycles. The molecule has 1 atom stereocenters. The summed E-state index contributed by atoms with van der Waals surface area (Å²) in [7, 11) is 0. The lowest BCUT2D eigenvalue weighted by Gasteiger charge is -2.26. The van der Waals surface area contributed by atoms with E-state index in [1.807, 2.05) is 45.0 Å². The summed E-state index contributed by atoms with van der Waals surface area (Å²) in [6.45, 7) is 9.73. The van der Waals surface area contributed by atoms with Crippen molar-refractivity contribution in [1.82, 2.24) is 21.3 Å². The van der Waals surface area contributed by atoms with Crippen LogP contribution in [0.4, 0.5) is 13.2 Å². The lowest BCUT2D eigenvalue weighted by Crippen LogP contribution is -2.56. The van der Waals surface area contributed by atoms with Crippen LogP contribution in [-0.4, -0.2) is 42.4 Å². The molecule has 0 saturated carbocycles. The number of rotatable bonds is 10. The zero-order valence-corrected chi connectivity index (χ0v) is 21.8. The van der Waals surface area contributed by atoms with Crippen LogP contribution in [0.1, 0.15) is 67.6 Å². The molecule has 0 radical (unpaired) electrons. The highest BCUT2D eigenvalue weighted by Gasteiger charge is 2.31. The van der Waals surface area contributed by atoms with Crippen LogP contribution < -0.4 is 21.3 Å². The van der Waals surface area contributed by atoms with E-state index in [1.54, 1.807) is 0 Å². The summed E-state index contributed by atoms with van der Waals surface area (Å²) in [5.74, 6) is -1.48. The third-order valence-electron chi connectivity index (χ3n) is 5.34. The fraction of sp³-hybridized carbons (Fsp3) is 0.444. The summed E-state index contributed by atoms with van der Waals surface area (Å²) in [4.78, 5) is 37.6. The SMILES string of the molecule is CC(C)c1ccc(CNC[C@H](NC(=O)CNC(=O)c2cccc(C(F)(F)F)c2)C(=O)NC(C)(C)C)cc1. The minimum Gasteiger partial charge on any atom is -0.350 e. The maximum absolute atomic E-state index is 12.9. The summed E-state index contributed by atoms with van der Waals surface area (Å²) >= 11 is 0. The largest absolute Gasteiger partial charge is 0.416 e. The summed E-state index contributed by atoms with van der Waals surface area (Å²) in [5, 5.41) is 10.9. The molecule has 0 saturated heterocycles. The zero-order valence-electron chi connectivity index (χ0n) is 21.8. The van der Waals surface area contributed by atoms with Gasteiger partial charge in [0.05, 0.1) is 12.1 Å². The summed E-state index contributed by atoms with van der Waals surface area (Å²) in [6, 6.07) is 11.0. The monoisotopic (exact) mass is 520 g/mol. The van der Waals surface area contributed by atoms with E-state index in [2.05, 4.69) is 35.1 Å². The third kappa shape index (κ3) is 10.2. The van der Waals surface area contributed by atoms with Crippen molar-refractivity contribution in [2.24, 2.45) is 0 Å². The minimum absolute atomic E-state index is 0.126. The second-order valence-corrected chi connectivity index (χ2v) is 10.1. The Labute approximate surface area is 215 Å². The molecular formula is C27H35F3N4O3. The third-order valence-corrected chi connectivity index (χ3v) is 5.34. The molecule has 3 amide bonds. The van der Waals surface area contributed by atoms with Gasteiger partial charge in [0.15, 0.2) is 0 Å². The van der Waals surface area contributed by atoms with Crippen LogP contribution in [0.3, 0.4) is 0 Å². The Morgan fingerprint density at radius 2 is 1.59 bits per heavy atom. The smallest absolute Gasteiger partial charge is 0.350 e. The summed E-state index contributed by atoms with van der Waals surface area (Å²) in [5.41, 5.74) is 0.498. The van der Waals surface area contributed by atoms with Gasteiger partial charge in [-0.25, -0.2) is 0 Å². The molecule has 0 unspecified atom stereocenters. The van der Waals surface area contributed by atoms with Gasteiger partial charge in [-0.05, 0) is 56.0 Å². The van der Waals surface area contributed by atoms with Gasteiger partial charge in [-0.15, -0.1) is 0 Å². The van der Waals surface area contributed by atoms with Gasteiger partial charge in [-0.2, -0.15) is 13.2 Å². The summed E-state index contributed by atoms with van der Waals surface area (Å²) < 4.78 is 38.7. The minimum atomic E-state index is -4.59. The molecule has 7 nitrogen and oxygen atoms in total. The Bertz CT molecular complexity index is 1080. The van der Waals surface area contributed by atoms with Crippen molar-refractivity contribution in [3.63, 3.8) is 0 Å². The van der Waals surface area contributed by atoms with Crippen molar-refractivity contribution >= 4 is 17.7 Å². The number of hydrogen-bond acceptors (Lipinski definition) is 4. The summed E-state index contributed by atoms with van der Waals surface area (Å²) in [6.07, 6.45) is -4.59. The first kappa shape index (κ1) is 29.8. The second kappa shape index (κ2) is 12.7. The standard InChI is InChI=1S/C27H35F3N4O3/c1-17(2)19-11-9-18(10-12-19)14-31-15-22(25(37)34-26(3,4)5)33-23(35)16-32-24(36)20-7-6-8-21(13-20)27(28,29)30/h6-13,17,22,31H,14-16H2,1-5H3,(H,32,36)(H,33,35)(H,34,37)/t22-/m0/s1. The predicted molar refractivity (Wildman–Crippen MR) is 136 cm³/mol. The number of hydrogen-bond donors (Lipinski definition) is 4. The van der Waals surface area contributed by atoms with Crippen molar-refractivity contribution in [1.29, 1.82) is 0 Å². The second-order valence-electron chi connectivity index (χ2n) is 10.1. The topological polar surface area (TPSA) is 99.3 Å². The number of alkyl halides is 3. The first-order valence-electron chi connectivity index (χ1n) is 12.0. The van der Waals surface area contributed by atoms with E-state index in [-0.39, 0.29) is 12.1 Å². The lowest BCUT2D eigenvalue weighted by molar-refractivity contribution is -0.137. The molecule has 0 aliphatic carbocycles. The van der Waals surface area contributed by atoms with E-state index in [4.69, 9.17) is 0 Å². The quantitative estimate of drug-likeness (QED) is 0.384. The molecule has 4 N–H and O–H groups in total. The normalized spacial score (nSPS) is 12.7. The van der Waals surface area contributed by atoms with Gasteiger partial charge in [0.2, 0.25) is 11.8 Å². The number of carbonyl (C=O) groups is 3. The van der Waals surface area contributed by atoms with Gasteiger partial charge >= 0.3 is 6.18 Å². The van der Waals surface area contributed by atoms with Gasteiger partial charge < -0.3 is 21.3 Å². The number of carbonyl (C=O) groups excluding carboxylic acids is 3. The van der Waals surface area contributed by atoms with Gasteiger partial charge in [0, 0.05) is 24.2 Å². The molecule has 0 bridgehead atoms. The van der Waals surface area contributed by atoms with E-state index < -0.39 is 47.6 Å². The molecule has 10 heteroatoms. The molecule has 202 valence electrons. The van der Waals surface area contributed by atoms with E-state index in [0.717, 1.165) is 17.7 Å². The highest BCUT2D eigenvalue weighted by molar-refractivity contribution is 5.97. The van der Waals surface area contributed by atoms with Crippen LogP contribution >= 0.6 is 0 Å². The van der Waals surface area contributed by atoms with Crippen molar-refractivity contribution < 1.29 is 27.6 Å². The Balaban J connectivity index is 1.97. The molecule has 0 fully saturated rings. The highest BCUT2D eigenvalue weighted by Crippen LogP contribution is 2.29. The number of benzene rings is 2. The van der Waals surface area contributed by atoms with Crippen LogP contribution in [-0.2, 0) is 22.3 Å². The van der Waals surface area contributed by atoms with Gasteiger partial charge in [-0.3, -0.25) is 14.4 Å².